The van der Waals surface area contributed by atoms with Gasteiger partial charge in [0.05, 0.1) is 11.0 Å². The van der Waals surface area contributed by atoms with Crippen LogP contribution in [-0.2, 0) is 6.54 Å². The van der Waals surface area contributed by atoms with Gasteiger partial charge in [-0.2, -0.15) is 4.39 Å². The van der Waals surface area contributed by atoms with Crippen molar-refractivity contribution in [1.29, 1.82) is 0 Å². The van der Waals surface area contributed by atoms with Crippen LogP contribution in [0.15, 0.2) is 18.2 Å². The molecule has 1 fully saturated rings. The van der Waals surface area contributed by atoms with Crippen LogP contribution < -0.4 is 0 Å². The summed E-state index contributed by atoms with van der Waals surface area (Å²) in [6.45, 7) is 1.93. The number of likely N-dealkylation sites (tertiary alicyclic amines) is 1. The predicted octanol–water partition coefficient (Wildman–Crippen LogP) is 1.69. The van der Waals surface area contributed by atoms with E-state index in [1.54, 1.807) is 6.07 Å². The highest BCUT2D eigenvalue weighted by molar-refractivity contribution is 5.34. The fraction of sp³-hybridized carbons (Fsp3) is 0.500. The third kappa shape index (κ3) is 3.02. The normalized spacial score (nSPS) is 20.9. The average molecular weight is 254 g/mol. The Morgan fingerprint density at radius 2 is 2.33 bits per heavy atom. The predicted molar refractivity (Wildman–Crippen MR) is 63.6 cm³/mol. The summed E-state index contributed by atoms with van der Waals surface area (Å²) in [6.07, 6.45) is 1.38. The van der Waals surface area contributed by atoms with Crippen molar-refractivity contribution in [3.05, 3.63) is 39.7 Å². The number of rotatable bonds is 3. The van der Waals surface area contributed by atoms with Crippen molar-refractivity contribution < 1.29 is 14.4 Å². The number of halogens is 1. The topological polar surface area (TPSA) is 66.6 Å². The third-order valence-electron chi connectivity index (χ3n) is 3.10. The van der Waals surface area contributed by atoms with Crippen molar-refractivity contribution >= 4 is 5.69 Å². The van der Waals surface area contributed by atoms with Crippen LogP contribution in [0.2, 0.25) is 0 Å². The Bertz CT molecular complexity index is 453. The highest BCUT2D eigenvalue weighted by Gasteiger charge is 2.19. The van der Waals surface area contributed by atoms with E-state index in [1.807, 2.05) is 4.90 Å². The van der Waals surface area contributed by atoms with Crippen LogP contribution in [0.25, 0.3) is 0 Å². The van der Waals surface area contributed by atoms with E-state index >= 15 is 0 Å². The molecule has 0 aromatic heterocycles. The van der Waals surface area contributed by atoms with Gasteiger partial charge >= 0.3 is 5.69 Å². The molecule has 0 saturated carbocycles. The Labute approximate surface area is 104 Å². The van der Waals surface area contributed by atoms with Crippen LogP contribution in [0, 0.1) is 15.9 Å². The average Bonchev–Trinajstić information content (AvgIpc) is 2.28. The summed E-state index contributed by atoms with van der Waals surface area (Å²) in [6, 6.07) is 3.94. The van der Waals surface area contributed by atoms with Gasteiger partial charge in [0.1, 0.15) is 0 Å². The second-order valence-electron chi connectivity index (χ2n) is 4.57. The Morgan fingerprint density at radius 3 is 2.94 bits per heavy atom. The number of benzene rings is 1. The van der Waals surface area contributed by atoms with Crippen molar-refractivity contribution in [2.75, 3.05) is 13.1 Å². The lowest BCUT2D eigenvalue weighted by Gasteiger charge is -2.29. The molecule has 0 radical (unpaired) electrons. The van der Waals surface area contributed by atoms with Gasteiger partial charge in [-0.05, 0) is 31.0 Å². The Morgan fingerprint density at radius 1 is 1.56 bits per heavy atom. The lowest BCUT2D eigenvalue weighted by Crippen LogP contribution is -2.37. The van der Waals surface area contributed by atoms with Crippen LogP contribution >= 0.6 is 0 Å². The Hall–Kier alpha value is -1.53. The molecule has 6 heteroatoms. The van der Waals surface area contributed by atoms with Crippen LogP contribution in [-0.4, -0.2) is 34.1 Å². The highest BCUT2D eigenvalue weighted by atomic mass is 19.1. The second-order valence-corrected chi connectivity index (χ2v) is 4.57. The molecule has 1 aromatic rings. The van der Waals surface area contributed by atoms with Gasteiger partial charge in [0.25, 0.3) is 0 Å². The first kappa shape index (κ1) is 12.9. The lowest BCUT2D eigenvalue weighted by molar-refractivity contribution is -0.387. The third-order valence-corrected chi connectivity index (χ3v) is 3.10. The van der Waals surface area contributed by atoms with E-state index in [2.05, 4.69) is 0 Å². The number of aliphatic hydroxyl groups is 1. The minimum Gasteiger partial charge on any atom is -0.392 e. The van der Waals surface area contributed by atoms with Gasteiger partial charge in [0.15, 0.2) is 0 Å². The largest absolute Gasteiger partial charge is 0.392 e. The summed E-state index contributed by atoms with van der Waals surface area (Å²) in [4.78, 5) is 11.8. The first-order valence-electron chi connectivity index (χ1n) is 5.89. The van der Waals surface area contributed by atoms with Gasteiger partial charge < -0.3 is 5.11 Å². The molecular formula is C12H15FN2O3. The fourth-order valence-electron chi connectivity index (χ4n) is 2.23. The second kappa shape index (κ2) is 5.41. The molecule has 0 spiro atoms. The molecule has 1 saturated heterocycles. The van der Waals surface area contributed by atoms with Gasteiger partial charge in [-0.15, -0.1) is 0 Å². The van der Waals surface area contributed by atoms with E-state index in [0.29, 0.717) is 18.7 Å². The number of β-amino-alcohol motifs (C(OH)–C–C–N with tert-alkyl or cyclic N) is 1. The van der Waals surface area contributed by atoms with Gasteiger partial charge in [-0.1, -0.05) is 6.07 Å². The quantitative estimate of drug-likeness (QED) is 0.658. The summed E-state index contributed by atoms with van der Waals surface area (Å²) in [5.74, 6) is -0.810. The maximum Gasteiger partial charge on any atom is 0.304 e. The molecule has 1 atom stereocenters. The maximum atomic E-state index is 13.4. The number of nitro benzene ring substituents is 1. The highest BCUT2D eigenvalue weighted by Crippen LogP contribution is 2.20. The van der Waals surface area contributed by atoms with Crippen LogP contribution in [0.1, 0.15) is 18.4 Å². The molecule has 0 amide bonds. The first-order chi connectivity index (χ1) is 8.56. The molecule has 0 unspecified atom stereocenters. The van der Waals surface area contributed by atoms with Crippen molar-refractivity contribution in [1.82, 2.24) is 4.90 Å². The lowest BCUT2D eigenvalue weighted by atomic mass is 10.1. The number of hydrogen-bond acceptors (Lipinski definition) is 4. The van der Waals surface area contributed by atoms with Gasteiger partial charge in [0.2, 0.25) is 5.82 Å². The van der Waals surface area contributed by atoms with Crippen LogP contribution in [0.3, 0.4) is 0 Å². The fourth-order valence-corrected chi connectivity index (χ4v) is 2.23. The van der Waals surface area contributed by atoms with Crippen molar-refractivity contribution in [3.63, 3.8) is 0 Å². The molecule has 18 heavy (non-hydrogen) atoms. The summed E-state index contributed by atoms with van der Waals surface area (Å²) >= 11 is 0. The molecule has 1 aliphatic heterocycles. The maximum absolute atomic E-state index is 13.4. The molecule has 98 valence electrons. The van der Waals surface area contributed by atoms with E-state index in [1.165, 1.54) is 12.1 Å². The van der Waals surface area contributed by atoms with Crippen molar-refractivity contribution in [3.8, 4) is 0 Å². The van der Waals surface area contributed by atoms with Crippen molar-refractivity contribution in [2.45, 2.75) is 25.5 Å². The monoisotopic (exact) mass is 254 g/mol. The van der Waals surface area contributed by atoms with E-state index < -0.39 is 16.4 Å². The van der Waals surface area contributed by atoms with Crippen molar-refractivity contribution in [2.24, 2.45) is 0 Å². The van der Waals surface area contributed by atoms with Crippen LogP contribution in [0.4, 0.5) is 10.1 Å². The summed E-state index contributed by atoms with van der Waals surface area (Å²) in [5.41, 5.74) is 0.185. The smallest absolute Gasteiger partial charge is 0.304 e. The zero-order valence-electron chi connectivity index (χ0n) is 9.88. The minimum atomic E-state index is -0.810. The van der Waals surface area contributed by atoms with E-state index in [-0.39, 0.29) is 6.10 Å². The standard InChI is InChI=1S/C12H15FN2O3/c13-11-6-9(3-4-12(11)15(17)18)7-14-5-1-2-10(16)8-14/h3-4,6,10,16H,1-2,5,7-8H2/t10-/m0/s1. The Kier molecular flexibility index (Phi) is 3.88. The molecule has 5 nitrogen and oxygen atoms in total. The van der Waals surface area contributed by atoms with E-state index in [9.17, 15) is 19.6 Å². The van der Waals surface area contributed by atoms with E-state index in [0.717, 1.165) is 19.4 Å². The van der Waals surface area contributed by atoms with Gasteiger partial charge in [-0.3, -0.25) is 15.0 Å². The summed E-state index contributed by atoms with van der Waals surface area (Å²) in [5, 5.41) is 20.0. The molecule has 2 rings (SSSR count). The van der Waals surface area contributed by atoms with Gasteiger partial charge in [0, 0.05) is 19.2 Å². The van der Waals surface area contributed by atoms with Crippen LogP contribution in [0.5, 0.6) is 0 Å². The molecule has 1 aromatic carbocycles. The molecular weight excluding hydrogens is 239 g/mol. The zero-order chi connectivity index (χ0) is 13.1. The first-order valence-corrected chi connectivity index (χ1v) is 5.89. The number of aliphatic hydroxyl groups excluding tert-OH is 1. The zero-order valence-corrected chi connectivity index (χ0v) is 9.88. The Balaban J connectivity index is 2.05. The minimum absolute atomic E-state index is 0.332. The number of nitro groups is 1. The molecule has 1 N–H and O–H groups in total. The molecule has 1 aliphatic rings. The molecule has 0 bridgehead atoms. The summed E-state index contributed by atoms with van der Waals surface area (Å²) < 4.78 is 13.4. The number of nitrogens with zero attached hydrogens (tertiary/aromatic N) is 2. The molecule has 0 aliphatic carbocycles. The van der Waals surface area contributed by atoms with Gasteiger partial charge in [-0.25, -0.2) is 0 Å². The van der Waals surface area contributed by atoms with E-state index in [4.69, 9.17) is 0 Å². The number of hydrogen-bond donors (Lipinski definition) is 1. The number of piperidine rings is 1. The molecule has 1 heterocycles. The summed E-state index contributed by atoms with van der Waals surface area (Å²) in [7, 11) is 0. The SMILES string of the molecule is O=[N+]([O-])c1ccc(CN2CCC[C@H](O)C2)cc1F.